The number of esters is 1. The Balaban J connectivity index is 1.45. The Morgan fingerprint density at radius 3 is 2.50 bits per heavy atom. The van der Waals surface area contributed by atoms with Crippen LogP contribution < -0.4 is 5.32 Å². The fraction of sp³-hybridized carbons (Fsp3) is 0.714. The highest BCUT2D eigenvalue weighted by molar-refractivity contribution is 5.94. The predicted octanol–water partition coefficient (Wildman–Crippen LogP) is 3.36. The summed E-state index contributed by atoms with van der Waals surface area (Å²) in [6.45, 7) is 4.60. The van der Waals surface area contributed by atoms with Crippen molar-refractivity contribution in [3.05, 3.63) is 33.9 Å². The van der Waals surface area contributed by atoms with Gasteiger partial charge in [-0.15, -0.1) is 10.1 Å². The van der Waals surface area contributed by atoms with Crippen molar-refractivity contribution in [3.63, 3.8) is 0 Å². The van der Waals surface area contributed by atoms with Crippen molar-refractivity contribution in [2.75, 3.05) is 19.8 Å². The second-order valence-electron chi connectivity index (χ2n) is 14.6. The van der Waals surface area contributed by atoms with Crippen LogP contribution in [-0.2, 0) is 43.0 Å². The summed E-state index contributed by atoms with van der Waals surface area (Å²) in [5.74, 6) is -6.01. The molecule has 16 nitrogen and oxygen atoms in total. The van der Waals surface area contributed by atoms with Gasteiger partial charge in [-0.2, -0.15) is 0 Å². The lowest BCUT2D eigenvalue weighted by molar-refractivity contribution is -0.757. The monoisotopic (exact) mass is 738 g/mol. The Morgan fingerprint density at radius 1 is 1.13 bits per heavy atom. The highest BCUT2D eigenvalue weighted by Crippen LogP contribution is 2.71. The van der Waals surface area contributed by atoms with Crippen LogP contribution in [0.3, 0.4) is 0 Å². The van der Waals surface area contributed by atoms with Gasteiger partial charge in [-0.25, -0.2) is 14.0 Å². The molecule has 0 aromatic rings. The number of alkyl halides is 1. The van der Waals surface area contributed by atoms with Gasteiger partial charge in [0.05, 0.1) is 12.7 Å². The van der Waals surface area contributed by atoms with Gasteiger partial charge in [-0.1, -0.05) is 44.9 Å². The van der Waals surface area contributed by atoms with Gasteiger partial charge in [0.25, 0.3) is 5.09 Å². The van der Waals surface area contributed by atoms with Gasteiger partial charge in [0, 0.05) is 41.9 Å². The number of aliphatic carboxylic acids is 1. The molecule has 9 atom stereocenters. The molecule has 288 valence electrons. The number of amides is 1. The SMILES string of the molecule is CCC(=O)O[C@]1(C(=O)COC(=O)OCC(NC(=O)CCCCCO[N+](=O)[O-])C(=O)O)[C@@H](C)C[C@H]2[C@@H]3CC=C4CC(=O)C=C[C@]4(C)[C@@]3(F)[C@@H](O)C[C@@]21C. The summed E-state index contributed by atoms with van der Waals surface area (Å²) in [4.78, 5) is 90.2. The van der Waals surface area contributed by atoms with Gasteiger partial charge in [-0.05, 0) is 51.0 Å². The van der Waals surface area contributed by atoms with Crippen LogP contribution >= 0.6 is 0 Å². The molecule has 3 N–H and O–H groups in total. The number of nitrogens with zero attached hydrogens (tertiary/aromatic N) is 1. The standard InChI is InChI=1S/C35H47FN2O14/c1-5-29(43)52-35(27(41)19-50-31(46)49-18-25(30(44)45)37-28(42)9-7-6-8-14-51-38(47)48)20(2)15-24-23-11-10-21-16-22(39)12-13-32(21,3)34(23,36)26(40)17-33(24,35)4/h10,12-13,20,23-26,40H,5-9,11,14-19H2,1-4H3,(H,37,42)(H,44,45)/t20-,23-,24-,25?,26-,32-,33-,34-,35-/m0/s1. The van der Waals surface area contributed by atoms with Crippen molar-refractivity contribution in [1.82, 2.24) is 5.32 Å². The molecule has 0 heterocycles. The molecule has 17 heteroatoms. The number of carbonyl (C=O) groups excluding carboxylic acids is 5. The molecule has 0 aromatic carbocycles. The molecule has 0 radical (unpaired) electrons. The topological polar surface area (TPSA) is 235 Å². The molecule has 0 saturated heterocycles. The average molecular weight is 739 g/mol. The van der Waals surface area contributed by atoms with Crippen LogP contribution in [-0.4, -0.2) is 94.1 Å². The van der Waals surface area contributed by atoms with E-state index in [0.29, 0.717) is 18.4 Å². The number of carboxylic acids is 1. The van der Waals surface area contributed by atoms with E-state index in [2.05, 4.69) is 10.2 Å². The Kier molecular flexibility index (Phi) is 12.2. The van der Waals surface area contributed by atoms with Crippen molar-refractivity contribution >= 4 is 35.6 Å². The lowest BCUT2D eigenvalue weighted by atomic mass is 9.45. The summed E-state index contributed by atoms with van der Waals surface area (Å²) in [7, 11) is 0. The zero-order valence-corrected chi connectivity index (χ0v) is 29.7. The minimum Gasteiger partial charge on any atom is -0.480 e. The molecule has 0 aromatic heterocycles. The van der Waals surface area contributed by atoms with Crippen LogP contribution in [0.5, 0.6) is 0 Å². The minimum absolute atomic E-state index is 0.0333. The van der Waals surface area contributed by atoms with Gasteiger partial charge in [-0.3, -0.25) is 19.2 Å². The number of fused-ring (bicyclic) bond motifs is 5. The molecular weight excluding hydrogens is 691 g/mol. The predicted molar refractivity (Wildman–Crippen MR) is 175 cm³/mol. The van der Waals surface area contributed by atoms with E-state index in [-0.39, 0.29) is 57.3 Å². The van der Waals surface area contributed by atoms with Crippen LogP contribution in [0.2, 0.25) is 0 Å². The molecule has 1 amide bonds. The highest BCUT2D eigenvalue weighted by Gasteiger charge is 2.77. The maximum absolute atomic E-state index is 17.6. The lowest BCUT2D eigenvalue weighted by Crippen LogP contribution is -2.69. The van der Waals surface area contributed by atoms with Gasteiger partial charge in [0.1, 0.15) is 6.61 Å². The second-order valence-corrected chi connectivity index (χ2v) is 14.6. The first-order valence-electron chi connectivity index (χ1n) is 17.5. The molecule has 0 aliphatic heterocycles. The lowest BCUT2D eigenvalue weighted by Gasteiger charge is -2.62. The van der Waals surface area contributed by atoms with Crippen molar-refractivity contribution in [1.29, 1.82) is 0 Å². The molecule has 52 heavy (non-hydrogen) atoms. The molecule has 4 rings (SSSR count). The number of Topliss-reactive ketones (excluding diaryl/α,β-unsaturated/α-hetero) is 1. The number of carboxylic acid groups (broad SMARTS) is 1. The molecular formula is C35H47FN2O14. The quantitative estimate of drug-likeness (QED) is 0.0677. The third-order valence-electron chi connectivity index (χ3n) is 11.7. The zero-order valence-electron chi connectivity index (χ0n) is 29.7. The maximum atomic E-state index is 17.6. The van der Waals surface area contributed by atoms with E-state index in [1.54, 1.807) is 20.8 Å². The third kappa shape index (κ3) is 7.28. The number of hydrogen-bond donors (Lipinski definition) is 3. The summed E-state index contributed by atoms with van der Waals surface area (Å²) < 4.78 is 33.6. The summed E-state index contributed by atoms with van der Waals surface area (Å²) in [5.41, 5.74) is -6.14. The minimum atomic E-state index is -2.20. The third-order valence-corrected chi connectivity index (χ3v) is 11.7. The van der Waals surface area contributed by atoms with Gasteiger partial charge in [0.15, 0.2) is 29.7 Å². The summed E-state index contributed by atoms with van der Waals surface area (Å²) in [6, 6.07) is -1.66. The summed E-state index contributed by atoms with van der Waals surface area (Å²) in [6.07, 6.45) is 2.56. The number of nitrogens with one attached hydrogen (secondary N) is 1. The number of unbranched alkanes of at least 4 members (excludes halogenated alkanes) is 2. The molecule has 0 spiro atoms. The number of aliphatic hydroxyl groups is 1. The maximum Gasteiger partial charge on any atom is 0.508 e. The molecule has 1 unspecified atom stereocenters. The van der Waals surface area contributed by atoms with E-state index >= 15 is 4.39 Å². The second kappa shape index (κ2) is 15.7. The Morgan fingerprint density at radius 2 is 1.85 bits per heavy atom. The van der Waals surface area contributed by atoms with E-state index in [1.807, 2.05) is 6.08 Å². The fourth-order valence-corrected chi connectivity index (χ4v) is 9.13. The van der Waals surface area contributed by atoms with Gasteiger partial charge < -0.3 is 34.6 Å². The fourth-order valence-electron chi connectivity index (χ4n) is 9.13. The van der Waals surface area contributed by atoms with Crippen LogP contribution in [0.4, 0.5) is 9.18 Å². The van der Waals surface area contributed by atoms with Gasteiger partial charge >= 0.3 is 18.1 Å². The van der Waals surface area contributed by atoms with Crippen LogP contribution in [0.25, 0.3) is 0 Å². The first kappa shape index (κ1) is 40.4. The van der Waals surface area contributed by atoms with Gasteiger partial charge in [0.2, 0.25) is 11.7 Å². The number of ketones is 2. The van der Waals surface area contributed by atoms with Crippen LogP contribution in [0.15, 0.2) is 23.8 Å². The van der Waals surface area contributed by atoms with Crippen molar-refractivity contribution < 1.29 is 67.5 Å². The average Bonchev–Trinajstić information content (AvgIpc) is 3.29. The molecule has 4 aliphatic carbocycles. The Hall–Kier alpha value is -4.41. The molecule has 2 saturated carbocycles. The highest BCUT2D eigenvalue weighted by atomic mass is 19.1. The summed E-state index contributed by atoms with van der Waals surface area (Å²) in [5, 5.41) is 32.7. The first-order chi connectivity index (χ1) is 24.4. The number of aliphatic hydroxyl groups excluding tert-OH is 1. The number of allylic oxidation sites excluding steroid dienone is 4. The number of halogens is 1. The Bertz CT molecular complexity index is 1530. The number of ether oxygens (including phenoxy) is 3. The number of rotatable bonds is 16. The van der Waals surface area contributed by atoms with E-state index < -0.39 is 100 Å². The molecule has 0 bridgehead atoms. The van der Waals surface area contributed by atoms with E-state index in [4.69, 9.17) is 14.2 Å². The zero-order chi connectivity index (χ0) is 38.6. The normalized spacial score (nSPS) is 33.7. The van der Waals surface area contributed by atoms with Crippen LogP contribution in [0, 0.1) is 38.7 Å². The Labute approximate surface area is 299 Å². The molecule has 4 aliphatic rings. The number of carbonyl (C=O) groups is 6. The number of hydrogen-bond acceptors (Lipinski definition) is 13. The van der Waals surface area contributed by atoms with Crippen molar-refractivity contribution in [2.24, 2.45) is 28.6 Å². The van der Waals surface area contributed by atoms with E-state index in [0.717, 1.165) is 0 Å². The first-order valence-corrected chi connectivity index (χ1v) is 17.5. The van der Waals surface area contributed by atoms with Crippen molar-refractivity contribution in [2.45, 2.75) is 109 Å². The van der Waals surface area contributed by atoms with E-state index in [9.17, 15) is 49.1 Å². The van der Waals surface area contributed by atoms with Crippen LogP contribution in [0.1, 0.15) is 85.5 Å². The smallest absolute Gasteiger partial charge is 0.480 e. The molecule has 2 fully saturated rings. The largest absolute Gasteiger partial charge is 0.508 e. The van der Waals surface area contributed by atoms with E-state index in [1.165, 1.54) is 19.1 Å². The van der Waals surface area contributed by atoms with Crippen molar-refractivity contribution in [3.8, 4) is 0 Å². The summed E-state index contributed by atoms with van der Waals surface area (Å²) >= 11 is 0.